The second-order valence-corrected chi connectivity index (χ2v) is 15.5. The maximum absolute atomic E-state index is 6.67. The van der Waals surface area contributed by atoms with Gasteiger partial charge in [0.25, 0.3) is 0 Å². The van der Waals surface area contributed by atoms with Crippen LogP contribution in [0.25, 0.3) is 86.6 Å². The van der Waals surface area contributed by atoms with Crippen molar-refractivity contribution < 1.29 is 4.42 Å². The lowest BCUT2D eigenvalue weighted by Gasteiger charge is -2.30. The van der Waals surface area contributed by atoms with E-state index in [9.17, 15) is 0 Å². The minimum atomic E-state index is 0.890. The molecule has 0 fully saturated rings. The van der Waals surface area contributed by atoms with Crippen LogP contribution in [0, 0.1) is 0 Å². The van der Waals surface area contributed by atoms with Gasteiger partial charge in [-0.25, -0.2) is 0 Å². The van der Waals surface area contributed by atoms with E-state index >= 15 is 0 Å². The summed E-state index contributed by atoms with van der Waals surface area (Å²) < 4.78 is 9.23. The highest BCUT2D eigenvalue weighted by Gasteiger charge is 2.24. The normalized spacial score (nSPS) is 11.5. The van der Waals surface area contributed by atoms with Crippen LogP contribution in [0.4, 0.5) is 17.1 Å². The predicted octanol–water partition coefficient (Wildman–Crippen LogP) is 16.1. The van der Waals surface area contributed by atoms with Crippen LogP contribution in [0.5, 0.6) is 0 Å². The Balaban J connectivity index is 1.18. The monoisotopic (exact) mass is 745 g/mol. The van der Waals surface area contributed by atoms with Crippen molar-refractivity contribution in [2.45, 2.75) is 0 Å². The highest BCUT2D eigenvalue weighted by molar-refractivity contribution is 7.25. The van der Waals surface area contributed by atoms with Crippen LogP contribution >= 0.6 is 11.3 Å². The van der Waals surface area contributed by atoms with Gasteiger partial charge in [-0.2, -0.15) is 0 Å². The van der Waals surface area contributed by atoms with Gasteiger partial charge >= 0.3 is 0 Å². The van der Waals surface area contributed by atoms with E-state index in [0.29, 0.717) is 0 Å². The van der Waals surface area contributed by atoms with Crippen molar-refractivity contribution in [3.8, 4) is 44.5 Å². The molecule has 0 amide bonds. The number of nitrogens with zero attached hydrogens (tertiary/aromatic N) is 1. The first-order chi connectivity index (χ1) is 28.3. The molecule has 2 nitrogen and oxygen atoms in total. The Morgan fingerprint density at radius 2 is 0.842 bits per heavy atom. The van der Waals surface area contributed by atoms with Gasteiger partial charge in [0.15, 0.2) is 0 Å². The second-order valence-electron chi connectivity index (χ2n) is 14.4. The fourth-order valence-electron chi connectivity index (χ4n) is 8.55. The molecule has 3 heteroatoms. The Hall–Kier alpha value is -7.20. The van der Waals surface area contributed by atoms with E-state index in [-0.39, 0.29) is 0 Å². The molecule has 11 rings (SSSR count). The van der Waals surface area contributed by atoms with Crippen LogP contribution < -0.4 is 4.90 Å². The van der Waals surface area contributed by atoms with E-state index in [1.165, 1.54) is 48.0 Å². The average molecular weight is 746 g/mol. The third-order valence-corrected chi connectivity index (χ3v) is 12.3. The van der Waals surface area contributed by atoms with Crippen LogP contribution in [-0.4, -0.2) is 0 Å². The van der Waals surface area contributed by atoms with Crippen molar-refractivity contribution in [1.82, 2.24) is 0 Å². The van der Waals surface area contributed by atoms with Crippen LogP contribution in [0.15, 0.2) is 217 Å². The van der Waals surface area contributed by atoms with E-state index in [0.717, 1.165) is 55.7 Å². The molecule has 0 aliphatic rings. The van der Waals surface area contributed by atoms with Crippen LogP contribution in [-0.2, 0) is 0 Å². The molecular weight excluding hydrogens is 711 g/mol. The molecule has 0 radical (unpaired) electrons. The van der Waals surface area contributed by atoms with Gasteiger partial charge in [0.2, 0.25) is 0 Å². The Labute approximate surface area is 335 Å². The zero-order valence-electron chi connectivity index (χ0n) is 31.0. The molecular formula is C54H35NOS. The lowest BCUT2D eigenvalue weighted by Crippen LogP contribution is -2.12. The maximum Gasteiger partial charge on any atom is 0.143 e. The highest BCUT2D eigenvalue weighted by atomic mass is 32.1. The number of anilines is 3. The van der Waals surface area contributed by atoms with Crippen LogP contribution in [0.3, 0.4) is 0 Å². The number of hydrogen-bond donors (Lipinski definition) is 0. The number of fused-ring (bicyclic) bond motifs is 6. The smallest absolute Gasteiger partial charge is 0.143 e. The SMILES string of the molecule is c1ccc(-c2ccccc2-c2ccccc2-c2ccccc2N(c2ccc3sc4ccccc4c3c2)c2ccccc2-c2cccc3c2oc2ccccc23)cc1. The fraction of sp³-hybridized carbons (Fsp3) is 0. The second kappa shape index (κ2) is 13.8. The minimum Gasteiger partial charge on any atom is -0.455 e. The summed E-state index contributed by atoms with van der Waals surface area (Å²) in [5, 5.41) is 4.76. The molecule has 0 N–H and O–H groups in total. The quantitative estimate of drug-likeness (QED) is 0.162. The van der Waals surface area contributed by atoms with Gasteiger partial charge in [0, 0.05) is 53.3 Å². The van der Waals surface area contributed by atoms with Crippen molar-refractivity contribution >= 4 is 70.5 Å². The summed E-state index contributed by atoms with van der Waals surface area (Å²) in [4.78, 5) is 2.46. The molecule has 0 saturated carbocycles. The highest BCUT2D eigenvalue weighted by Crippen LogP contribution is 2.49. The first-order valence-corrected chi connectivity index (χ1v) is 20.2. The standard InChI is InChI=1S/C54H35NOS/c1-2-17-36(18-3-1)38-19-4-5-20-39(38)40-21-6-7-22-41(40)42-23-8-12-29-49(42)55(37-33-34-53-48(35-37)45-26-11-15-32-52(45)57-53)50-30-13-9-24-43(50)46-27-16-28-47-44-25-10-14-31-51(44)56-54(46)47/h1-35H. The van der Waals surface area contributed by atoms with Gasteiger partial charge in [0.05, 0.1) is 11.4 Å². The van der Waals surface area contributed by atoms with Crippen molar-refractivity contribution in [2.75, 3.05) is 4.90 Å². The number of rotatable bonds is 7. The van der Waals surface area contributed by atoms with E-state index < -0.39 is 0 Å². The largest absolute Gasteiger partial charge is 0.455 e. The molecule has 0 atom stereocenters. The molecule has 0 unspecified atom stereocenters. The number of thiophene rings is 1. The molecule has 0 spiro atoms. The summed E-state index contributed by atoms with van der Waals surface area (Å²) in [6, 6.07) is 76.4. The van der Waals surface area contributed by atoms with E-state index in [1.54, 1.807) is 0 Å². The molecule has 0 bridgehead atoms. The molecule has 2 heterocycles. The van der Waals surface area contributed by atoms with Crippen molar-refractivity contribution in [3.63, 3.8) is 0 Å². The lowest BCUT2D eigenvalue weighted by molar-refractivity contribution is 0.670. The number of hydrogen-bond acceptors (Lipinski definition) is 3. The molecule has 268 valence electrons. The summed E-state index contributed by atoms with van der Waals surface area (Å²) in [5.41, 5.74) is 14.3. The summed E-state index contributed by atoms with van der Waals surface area (Å²) in [5.74, 6) is 0. The van der Waals surface area contributed by atoms with Crippen molar-refractivity contribution in [2.24, 2.45) is 0 Å². The van der Waals surface area contributed by atoms with Gasteiger partial charge in [-0.3, -0.25) is 0 Å². The molecule has 0 aliphatic carbocycles. The topological polar surface area (TPSA) is 16.4 Å². The van der Waals surface area contributed by atoms with Crippen LogP contribution in [0.2, 0.25) is 0 Å². The Morgan fingerprint density at radius 1 is 0.333 bits per heavy atom. The number of furan rings is 1. The molecule has 0 aliphatic heterocycles. The summed E-state index contributed by atoms with van der Waals surface area (Å²) in [6.45, 7) is 0. The van der Waals surface area contributed by atoms with Gasteiger partial charge < -0.3 is 9.32 Å². The van der Waals surface area contributed by atoms with Crippen molar-refractivity contribution in [1.29, 1.82) is 0 Å². The number of benzene rings is 9. The summed E-state index contributed by atoms with van der Waals surface area (Å²) >= 11 is 1.85. The first kappa shape index (κ1) is 33.2. The molecule has 0 saturated heterocycles. The first-order valence-electron chi connectivity index (χ1n) is 19.3. The van der Waals surface area contributed by atoms with Gasteiger partial charge in [-0.05, 0) is 70.3 Å². The minimum absolute atomic E-state index is 0.890. The summed E-state index contributed by atoms with van der Waals surface area (Å²) in [7, 11) is 0. The van der Waals surface area contributed by atoms with E-state index in [2.05, 4.69) is 211 Å². The van der Waals surface area contributed by atoms with Gasteiger partial charge in [-0.15, -0.1) is 11.3 Å². The van der Waals surface area contributed by atoms with Gasteiger partial charge in [-0.1, -0.05) is 170 Å². The van der Waals surface area contributed by atoms with Crippen LogP contribution in [0.1, 0.15) is 0 Å². The third-order valence-electron chi connectivity index (χ3n) is 11.1. The number of para-hydroxylation sites is 4. The third kappa shape index (κ3) is 5.63. The van der Waals surface area contributed by atoms with Gasteiger partial charge in [0.1, 0.15) is 11.2 Å². The van der Waals surface area contributed by atoms with Crippen molar-refractivity contribution in [3.05, 3.63) is 212 Å². The zero-order chi connectivity index (χ0) is 37.7. The average Bonchev–Trinajstić information content (AvgIpc) is 3.86. The zero-order valence-corrected chi connectivity index (χ0v) is 31.8. The molecule has 11 aromatic rings. The molecule has 9 aromatic carbocycles. The molecule has 57 heavy (non-hydrogen) atoms. The Bertz CT molecular complexity index is 3260. The Kier molecular flexibility index (Phi) is 8.04. The van der Waals surface area contributed by atoms with E-state index in [1.807, 2.05) is 17.4 Å². The van der Waals surface area contributed by atoms with E-state index in [4.69, 9.17) is 4.42 Å². The fourth-order valence-corrected chi connectivity index (χ4v) is 9.64. The molecule has 2 aromatic heterocycles. The predicted molar refractivity (Wildman–Crippen MR) is 243 cm³/mol. The maximum atomic E-state index is 6.67. The summed E-state index contributed by atoms with van der Waals surface area (Å²) in [6.07, 6.45) is 0. The Morgan fingerprint density at radius 3 is 1.60 bits per heavy atom. The lowest BCUT2D eigenvalue weighted by atomic mass is 9.88.